The number of nitrogens with zero attached hydrogens (tertiary/aromatic N) is 2. The lowest BCUT2D eigenvalue weighted by Crippen LogP contribution is -2.40. The topological polar surface area (TPSA) is 79.5 Å². The Kier molecular flexibility index (Phi) is 4.37. The van der Waals surface area contributed by atoms with Gasteiger partial charge in [-0.15, -0.1) is 0 Å². The summed E-state index contributed by atoms with van der Waals surface area (Å²) in [6, 6.07) is 3.60. The van der Waals surface area contributed by atoms with Crippen LogP contribution in [0.1, 0.15) is 42.2 Å². The highest BCUT2D eigenvalue weighted by Crippen LogP contribution is 2.20. The van der Waals surface area contributed by atoms with E-state index in [-0.39, 0.29) is 6.04 Å². The molecular weight excluding hydrogens is 242 g/mol. The summed E-state index contributed by atoms with van der Waals surface area (Å²) >= 11 is 0. The molecule has 2 rings (SSSR count). The predicted octanol–water partition coefficient (Wildman–Crippen LogP) is 1.66. The molecule has 1 fully saturated rings. The smallest absolute Gasteiger partial charge is 0.335 e. The number of rotatable bonds is 4. The summed E-state index contributed by atoms with van der Waals surface area (Å²) in [5.74, 6) is -0.120. The van der Waals surface area contributed by atoms with E-state index in [0.29, 0.717) is 5.56 Å². The highest BCUT2D eigenvalue weighted by atomic mass is 16.4. The first kappa shape index (κ1) is 13.8. The number of piperidine rings is 1. The van der Waals surface area contributed by atoms with E-state index in [2.05, 4.69) is 16.8 Å². The molecule has 0 unspecified atom stereocenters. The summed E-state index contributed by atoms with van der Waals surface area (Å²) in [6.07, 6.45) is 3.63. The zero-order valence-electron chi connectivity index (χ0n) is 11.3. The molecule has 0 aliphatic carbocycles. The van der Waals surface area contributed by atoms with Crippen LogP contribution in [0.4, 0.5) is 5.82 Å². The van der Waals surface area contributed by atoms with Crippen LogP contribution in [0.3, 0.4) is 0 Å². The summed E-state index contributed by atoms with van der Waals surface area (Å²) in [5.41, 5.74) is 7.07. The maximum absolute atomic E-state index is 11.2. The lowest BCUT2D eigenvalue weighted by atomic mass is 10.1. The molecule has 5 heteroatoms. The van der Waals surface area contributed by atoms with Crippen LogP contribution in [0.25, 0.3) is 0 Å². The third-order valence-electron chi connectivity index (χ3n) is 3.48. The van der Waals surface area contributed by atoms with E-state index in [9.17, 15) is 9.90 Å². The standard InChI is InChI=1S/C14H21N3O2/c1-2-3-12-8-10(14(18)19)9-13(16-12)17-6-4-11(15)5-7-17/h8-9,11H,2-7,15H2,1H3,(H,18,19). The van der Waals surface area contributed by atoms with Gasteiger partial charge in [0, 0.05) is 24.8 Å². The van der Waals surface area contributed by atoms with Gasteiger partial charge < -0.3 is 15.7 Å². The number of aryl methyl sites for hydroxylation is 1. The van der Waals surface area contributed by atoms with E-state index in [1.54, 1.807) is 12.1 Å². The first-order valence-corrected chi connectivity index (χ1v) is 6.85. The van der Waals surface area contributed by atoms with Crippen LogP contribution in [0.5, 0.6) is 0 Å². The van der Waals surface area contributed by atoms with Crippen molar-refractivity contribution in [3.05, 3.63) is 23.4 Å². The summed E-state index contributed by atoms with van der Waals surface area (Å²) in [7, 11) is 0. The number of hydrogen-bond donors (Lipinski definition) is 2. The number of anilines is 1. The average Bonchev–Trinajstić information content (AvgIpc) is 2.39. The number of hydrogen-bond acceptors (Lipinski definition) is 4. The SMILES string of the molecule is CCCc1cc(C(=O)O)cc(N2CCC(N)CC2)n1. The van der Waals surface area contributed by atoms with E-state index in [0.717, 1.165) is 50.3 Å². The molecule has 3 N–H and O–H groups in total. The number of carboxylic acid groups (broad SMARTS) is 1. The van der Waals surface area contributed by atoms with Gasteiger partial charge in [-0.3, -0.25) is 0 Å². The van der Waals surface area contributed by atoms with Crippen molar-refractivity contribution < 1.29 is 9.90 Å². The van der Waals surface area contributed by atoms with E-state index in [1.807, 2.05) is 0 Å². The van der Waals surface area contributed by atoms with Crippen LogP contribution >= 0.6 is 0 Å². The van der Waals surface area contributed by atoms with E-state index >= 15 is 0 Å². The van der Waals surface area contributed by atoms with Crippen LogP contribution in [-0.2, 0) is 6.42 Å². The molecule has 0 spiro atoms. The number of aromatic carboxylic acids is 1. The Labute approximate surface area is 113 Å². The van der Waals surface area contributed by atoms with Gasteiger partial charge in [-0.1, -0.05) is 13.3 Å². The summed E-state index contributed by atoms with van der Waals surface area (Å²) < 4.78 is 0. The number of pyridine rings is 1. The number of carboxylic acids is 1. The third-order valence-corrected chi connectivity index (χ3v) is 3.48. The van der Waals surface area contributed by atoms with E-state index < -0.39 is 5.97 Å². The van der Waals surface area contributed by atoms with Crippen LogP contribution < -0.4 is 10.6 Å². The Morgan fingerprint density at radius 2 is 2.16 bits per heavy atom. The van der Waals surface area contributed by atoms with Crippen LogP contribution in [-0.4, -0.2) is 35.2 Å². The van der Waals surface area contributed by atoms with Crippen LogP contribution in [0, 0.1) is 0 Å². The molecule has 1 aromatic rings. The fraction of sp³-hybridized carbons (Fsp3) is 0.571. The minimum absolute atomic E-state index is 0.258. The first-order chi connectivity index (χ1) is 9.10. The van der Waals surface area contributed by atoms with Crippen molar-refractivity contribution in [2.75, 3.05) is 18.0 Å². The zero-order chi connectivity index (χ0) is 13.8. The monoisotopic (exact) mass is 263 g/mol. The fourth-order valence-corrected chi connectivity index (χ4v) is 2.37. The third kappa shape index (κ3) is 3.44. The molecule has 0 amide bonds. The maximum atomic E-state index is 11.2. The summed E-state index contributed by atoms with van der Waals surface area (Å²) in [4.78, 5) is 17.9. The number of nitrogens with two attached hydrogens (primary N) is 1. The highest BCUT2D eigenvalue weighted by molar-refractivity contribution is 5.88. The van der Waals surface area contributed by atoms with Gasteiger partial charge >= 0.3 is 5.97 Å². The molecule has 2 heterocycles. The molecular formula is C14H21N3O2. The minimum Gasteiger partial charge on any atom is -0.478 e. The Bertz CT molecular complexity index is 454. The number of carbonyl (C=O) groups is 1. The van der Waals surface area contributed by atoms with Gasteiger partial charge in [0.15, 0.2) is 0 Å². The summed E-state index contributed by atoms with van der Waals surface area (Å²) in [5, 5.41) is 9.18. The van der Waals surface area contributed by atoms with Crippen LogP contribution in [0.15, 0.2) is 12.1 Å². The largest absolute Gasteiger partial charge is 0.478 e. The molecule has 104 valence electrons. The second kappa shape index (κ2) is 6.02. The first-order valence-electron chi connectivity index (χ1n) is 6.85. The Morgan fingerprint density at radius 3 is 2.74 bits per heavy atom. The number of aromatic nitrogens is 1. The maximum Gasteiger partial charge on any atom is 0.335 e. The lowest BCUT2D eigenvalue weighted by Gasteiger charge is -2.31. The molecule has 0 atom stereocenters. The van der Waals surface area contributed by atoms with Crippen LogP contribution in [0.2, 0.25) is 0 Å². The molecule has 0 aromatic carbocycles. The van der Waals surface area contributed by atoms with Crippen molar-refractivity contribution in [3.8, 4) is 0 Å². The van der Waals surface area contributed by atoms with E-state index in [1.165, 1.54) is 0 Å². The molecule has 0 bridgehead atoms. The van der Waals surface area contributed by atoms with Crippen molar-refractivity contribution >= 4 is 11.8 Å². The zero-order valence-corrected chi connectivity index (χ0v) is 11.3. The van der Waals surface area contributed by atoms with Crippen molar-refractivity contribution in [1.29, 1.82) is 0 Å². The van der Waals surface area contributed by atoms with Crippen molar-refractivity contribution in [2.24, 2.45) is 5.73 Å². The highest BCUT2D eigenvalue weighted by Gasteiger charge is 2.19. The molecule has 1 aromatic heterocycles. The van der Waals surface area contributed by atoms with Gasteiger partial charge in [0.1, 0.15) is 5.82 Å². The normalized spacial score (nSPS) is 16.6. The van der Waals surface area contributed by atoms with Gasteiger partial charge in [-0.2, -0.15) is 0 Å². The Morgan fingerprint density at radius 1 is 1.47 bits per heavy atom. The molecule has 0 radical (unpaired) electrons. The minimum atomic E-state index is -0.894. The van der Waals surface area contributed by atoms with Gasteiger partial charge in [-0.05, 0) is 31.4 Å². The molecule has 1 aliphatic heterocycles. The average molecular weight is 263 g/mol. The second-order valence-corrected chi connectivity index (χ2v) is 5.08. The molecule has 0 saturated carbocycles. The fourth-order valence-electron chi connectivity index (χ4n) is 2.37. The van der Waals surface area contributed by atoms with Gasteiger partial charge in [0.05, 0.1) is 5.56 Å². The van der Waals surface area contributed by atoms with Crippen molar-refractivity contribution in [1.82, 2.24) is 4.98 Å². The van der Waals surface area contributed by atoms with Gasteiger partial charge in [0.25, 0.3) is 0 Å². The van der Waals surface area contributed by atoms with E-state index in [4.69, 9.17) is 5.73 Å². The molecule has 5 nitrogen and oxygen atoms in total. The summed E-state index contributed by atoms with van der Waals surface area (Å²) in [6.45, 7) is 3.76. The lowest BCUT2D eigenvalue weighted by molar-refractivity contribution is 0.0696. The van der Waals surface area contributed by atoms with Crippen molar-refractivity contribution in [3.63, 3.8) is 0 Å². The second-order valence-electron chi connectivity index (χ2n) is 5.08. The predicted molar refractivity (Wildman–Crippen MR) is 74.6 cm³/mol. The molecule has 1 aliphatic rings. The van der Waals surface area contributed by atoms with Gasteiger partial charge in [0.2, 0.25) is 0 Å². The quantitative estimate of drug-likeness (QED) is 0.863. The molecule has 1 saturated heterocycles. The Balaban J connectivity index is 2.25. The van der Waals surface area contributed by atoms with Gasteiger partial charge in [-0.25, -0.2) is 9.78 Å². The Hall–Kier alpha value is -1.62. The van der Waals surface area contributed by atoms with Crippen molar-refractivity contribution in [2.45, 2.75) is 38.6 Å². The molecule has 19 heavy (non-hydrogen) atoms.